The fraction of sp³-hybridized carbons (Fsp3) is 0.294. The zero-order chi connectivity index (χ0) is 22.8. The zero-order valence-corrected chi connectivity index (χ0v) is 19.9. The third kappa shape index (κ3) is 4.66. The number of aliphatic carboxylic acids is 1. The summed E-state index contributed by atoms with van der Waals surface area (Å²) in [5.74, 6) is -1.63. The molecule has 32 heavy (non-hydrogen) atoms. The SMILES string of the molecule is O=C(CSc1nnns1)NC1C(=O)N2C(C(=O)O)=C(CNc3c(Cl)cccc3Cl)CS[C@@H]12. The van der Waals surface area contributed by atoms with Gasteiger partial charge in [0.05, 0.1) is 21.5 Å². The van der Waals surface area contributed by atoms with Gasteiger partial charge in [0.15, 0.2) is 4.34 Å². The van der Waals surface area contributed by atoms with Crippen LogP contribution in [-0.2, 0) is 14.4 Å². The molecule has 2 aliphatic heterocycles. The molecular formula is C17H14Cl2N6O4S3. The number of rotatable bonds is 8. The van der Waals surface area contributed by atoms with Crippen molar-refractivity contribution in [3.8, 4) is 0 Å². The van der Waals surface area contributed by atoms with Crippen LogP contribution in [0, 0.1) is 0 Å². The fourth-order valence-electron chi connectivity index (χ4n) is 3.20. The van der Waals surface area contributed by atoms with Crippen molar-refractivity contribution < 1.29 is 19.5 Å². The van der Waals surface area contributed by atoms with Crippen molar-refractivity contribution >= 4 is 81.7 Å². The van der Waals surface area contributed by atoms with Crippen LogP contribution in [0.1, 0.15) is 0 Å². The van der Waals surface area contributed by atoms with Gasteiger partial charge in [-0.05, 0) is 22.9 Å². The first-order valence-corrected chi connectivity index (χ1v) is 12.6. The number of hydrogen-bond donors (Lipinski definition) is 3. The lowest BCUT2D eigenvalue weighted by Crippen LogP contribution is -2.70. The summed E-state index contributed by atoms with van der Waals surface area (Å²) in [6.45, 7) is 0.151. The normalized spacial score (nSPS) is 19.9. The van der Waals surface area contributed by atoms with Crippen molar-refractivity contribution in [3.05, 3.63) is 39.5 Å². The van der Waals surface area contributed by atoms with Crippen molar-refractivity contribution in [1.29, 1.82) is 0 Å². The van der Waals surface area contributed by atoms with Crippen LogP contribution in [0.4, 0.5) is 5.69 Å². The van der Waals surface area contributed by atoms with E-state index in [2.05, 4.69) is 25.4 Å². The van der Waals surface area contributed by atoms with Crippen LogP contribution in [0.25, 0.3) is 0 Å². The van der Waals surface area contributed by atoms with Gasteiger partial charge in [-0.3, -0.25) is 14.5 Å². The summed E-state index contributed by atoms with van der Waals surface area (Å²) < 4.78 is 4.16. The predicted molar refractivity (Wildman–Crippen MR) is 123 cm³/mol. The summed E-state index contributed by atoms with van der Waals surface area (Å²) in [4.78, 5) is 38.1. The van der Waals surface area contributed by atoms with E-state index in [0.29, 0.717) is 31.4 Å². The Labute approximate surface area is 204 Å². The number of β-lactam (4-membered cyclic amide) rings is 1. The van der Waals surface area contributed by atoms with Crippen LogP contribution in [0.2, 0.25) is 10.0 Å². The molecular weight excluding hydrogens is 519 g/mol. The maximum atomic E-state index is 12.7. The van der Waals surface area contributed by atoms with Gasteiger partial charge in [0.25, 0.3) is 5.91 Å². The highest BCUT2D eigenvalue weighted by Gasteiger charge is 2.54. The van der Waals surface area contributed by atoms with E-state index in [1.807, 2.05) is 0 Å². The minimum atomic E-state index is -1.21. The van der Waals surface area contributed by atoms with E-state index >= 15 is 0 Å². The Kier molecular flexibility index (Phi) is 7.10. The number of carbonyl (C=O) groups is 3. The number of benzene rings is 1. The Morgan fingerprint density at radius 1 is 1.31 bits per heavy atom. The standard InChI is InChI=1S/C17H14Cl2N6O4S3/c18-8-2-1-3-9(19)11(8)20-4-7-5-30-15-12(14(27)25(15)13(7)16(28)29)21-10(26)6-31-17-22-23-24-32-17/h1-3,12,15,20H,4-6H2,(H,21,26)(H,28,29)/t12?,15-/m0/s1. The van der Waals surface area contributed by atoms with Crippen molar-refractivity contribution in [2.45, 2.75) is 15.8 Å². The Hall–Kier alpha value is -2.06. The molecule has 0 radical (unpaired) electrons. The first-order valence-electron chi connectivity index (χ1n) is 9.02. The number of thioether (sulfide) groups is 2. The van der Waals surface area contributed by atoms with Gasteiger partial charge >= 0.3 is 5.97 Å². The number of nitrogens with one attached hydrogen (secondary N) is 2. The molecule has 3 N–H and O–H groups in total. The first-order chi connectivity index (χ1) is 15.4. The number of hydrogen-bond acceptors (Lipinski definition) is 10. The number of halogens is 2. The molecule has 0 bridgehead atoms. The van der Waals surface area contributed by atoms with E-state index in [-0.39, 0.29) is 23.9 Å². The van der Waals surface area contributed by atoms with Crippen LogP contribution < -0.4 is 10.6 Å². The third-order valence-electron chi connectivity index (χ3n) is 4.62. The second-order valence-electron chi connectivity index (χ2n) is 6.58. The van der Waals surface area contributed by atoms with Gasteiger partial charge in [0.2, 0.25) is 5.91 Å². The Morgan fingerprint density at radius 2 is 2.06 bits per heavy atom. The third-order valence-corrected chi connectivity index (χ3v) is 8.29. The molecule has 2 aromatic rings. The van der Waals surface area contributed by atoms with Gasteiger partial charge in [-0.15, -0.1) is 16.9 Å². The van der Waals surface area contributed by atoms with E-state index in [0.717, 1.165) is 23.3 Å². The average molecular weight is 533 g/mol. The summed E-state index contributed by atoms with van der Waals surface area (Å²) >= 11 is 15.9. The number of para-hydroxylation sites is 1. The lowest BCUT2D eigenvalue weighted by atomic mass is 10.0. The zero-order valence-electron chi connectivity index (χ0n) is 15.9. The molecule has 168 valence electrons. The fourth-order valence-corrected chi connectivity index (χ4v) is 6.22. The maximum Gasteiger partial charge on any atom is 0.352 e. The molecule has 1 aromatic heterocycles. The van der Waals surface area contributed by atoms with Crippen molar-refractivity contribution in [3.63, 3.8) is 0 Å². The molecule has 1 unspecified atom stereocenters. The highest BCUT2D eigenvalue weighted by molar-refractivity contribution is 8.01. The molecule has 1 aromatic carbocycles. The Balaban J connectivity index is 1.42. The summed E-state index contributed by atoms with van der Waals surface area (Å²) in [6.07, 6.45) is 0. The maximum absolute atomic E-state index is 12.7. The summed E-state index contributed by atoms with van der Waals surface area (Å²) in [7, 11) is 0. The van der Waals surface area contributed by atoms with Crippen LogP contribution in [-0.4, -0.2) is 72.1 Å². The highest BCUT2D eigenvalue weighted by Crippen LogP contribution is 2.41. The van der Waals surface area contributed by atoms with E-state index in [9.17, 15) is 19.5 Å². The molecule has 2 aliphatic rings. The topological polar surface area (TPSA) is 137 Å². The quantitative estimate of drug-likeness (QED) is 0.342. The van der Waals surface area contributed by atoms with E-state index in [1.165, 1.54) is 16.7 Å². The molecule has 2 atom stereocenters. The van der Waals surface area contributed by atoms with Crippen LogP contribution in [0.5, 0.6) is 0 Å². The average Bonchev–Trinajstić information content (AvgIpc) is 3.28. The number of anilines is 1. The highest BCUT2D eigenvalue weighted by atomic mass is 35.5. The second-order valence-corrected chi connectivity index (χ2v) is 10.5. The molecule has 1 saturated heterocycles. The Morgan fingerprint density at radius 3 is 2.72 bits per heavy atom. The van der Waals surface area contributed by atoms with Gasteiger partial charge in [-0.2, -0.15) is 0 Å². The smallest absolute Gasteiger partial charge is 0.352 e. The molecule has 3 heterocycles. The van der Waals surface area contributed by atoms with Gasteiger partial charge in [0, 0.05) is 23.8 Å². The van der Waals surface area contributed by atoms with Crippen LogP contribution >= 0.6 is 58.3 Å². The number of carbonyl (C=O) groups excluding carboxylic acids is 2. The second kappa shape index (κ2) is 9.83. The van der Waals surface area contributed by atoms with Crippen molar-refractivity contribution in [1.82, 2.24) is 25.0 Å². The van der Waals surface area contributed by atoms with Crippen molar-refractivity contribution in [2.24, 2.45) is 0 Å². The van der Waals surface area contributed by atoms with Gasteiger partial charge < -0.3 is 15.7 Å². The Bertz CT molecular complexity index is 1080. The number of amides is 2. The molecule has 4 rings (SSSR count). The molecule has 2 amide bonds. The van der Waals surface area contributed by atoms with Gasteiger partial charge in [0.1, 0.15) is 17.1 Å². The summed E-state index contributed by atoms with van der Waals surface area (Å²) in [5, 5.41) is 23.0. The molecule has 0 spiro atoms. The number of carboxylic acids is 1. The van der Waals surface area contributed by atoms with Gasteiger partial charge in [-0.25, -0.2) is 4.79 Å². The first kappa shape index (κ1) is 23.1. The van der Waals surface area contributed by atoms with E-state index < -0.39 is 23.3 Å². The summed E-state index contributed by atoms with van der Waals surface area (Å²) in [6, 6.07) is 4.25. The number of carboxylic acid groups (broad SMARTS) is 1. The molecule has 1 fully saturated rings. The molecule has 0 saturated carbocycles. The number of nitrogens with zero attached hydrogens (tertiary/aromatic N) is 4. The molecule has 10 nitrogen and oxygen atoms in total. The van der Waals surface area contributed by atoms with Gasteiger partial charge in [-0.1, -0.05) is 45.5 Å². The minimum absolute atomic E-state index is 0.0490. The number of fused-ring (bicyclic) bond motifs is 1. The van der Waals surface area contributed by atoms with E-state index in [1.54, 1.807) is 18.2 Å². The van der Waals surface area contributed by atoms with Crippen LogP contribution in [0.3, 0.4) is 0 Å². The monoisotopic (exact) mass is 532 g/mol. The summed E-state index contributed by atoms with van der Waals surface area (Å²) in [5.41, 5.74) is 0.921. The lowest BCUT2D eigenvalue weighted by Gasteiger charge is -2.49. The predicted octanol–water partition coefficient (Wildman–Crippen LogP) is 2.18. The van der Waals surface area contributed by atoms with E-state index in [4.69, 9.17) is 23.2 Å². The molecule has 0 aliphatic carbocycles. The largest absolute Gasteiger partial charge is 0.477 e. The number of aromatic nitrogens is 3. The van der Waals surface area contributed by atoms with Crippen LogP contribution in [0.15, 0.2) is 33.8 Å². The molecule has 15 heteroatoms. The minimum Gasteiger partial charge on any atom is -0.477 e. The van der Waals surface area contributed by atoms with Crippen molar-refractivity contribution in [2.75, 3.05) is 23.4 Å². The lowest BCUT2D eigenvalue weighted by molar-refractivity contribution is -0.150.